The molecule has 0 saturated carbocycles. The van der Waals surface area contributed by atoms with Gasteiger partial charge in [0.2, 0.25) is 0 Å². The molecule has 0 aliphatic rings. The zero-order chi connectivity index (χ0) is 9.40. The first kappa shape index (κ1) is 12.5. The minimum atomic E-state index is 0.904. The molecule has 0 unspecified atom stereocenters. The fourth-order valence-corrected chi connectivity index (χ4v) is 7.24. The summed E-state index contributed by atoms with van der Waals surface area (Å²) in [7, 11) is 0. The van der Waals surface area contributed by atoms with Crippen LogP contribution in [0.15, 0.2) is 24.3 Å². The number of hydrogen-bond acceptors (Lipinski definition) is 0. The Hall–Kier alpha value is 0.519. The van der Waals surface area contributed by atoms with E-state index in [0.717, 1.165) is 26.3 Å². The molecule has 0 saturated heterocycles. The molecule has 0 aromatic carbocycles. The fraction of sp³-hybridized carbons (Fsp3) is 0.600. The van der Waals surface area contributed by atoms with Gasteiger partial charge in [-0.2, -0.15) is 0 Å². The van der Waals surface area contributed by atoms with Crippen molar-refractivity contribution in [2.45, 2.75) is 37.3 Å². The summed E-state index contributed by atoms with van der Waals surface area (Å²) in [5, 5.41) is 2.80. The molecule has 0 radical (unpaired) electrons. The summed E-state index contributed by atoms with van der Waals surface area (Å²) >= 11 is 1.81. The number of rotatable bonds is 7. The Bertz CT molecular complexity index is 132. The second kappa shape index (κ2) is 8.13. The topological polar surface area (TPSA) is 0 Å². The average Bonchev–Trinajstić information content (AvgIpc) is 1.95. The van der Waals surface area contributed by atoms with Gasteiger partial charge in [-0.1, -0.05) is 0 Å². The maximum atomic E-state index is 3.90. The van der Waals surface area contributed by atoms with E-state index in [1.165, 1.54) is 34.6 Å². The Morgan fingerprint density at radius 1 is 0.917 bits per heavy atom. The Balaban J connectivity index is 3.01. The third kappa shape index (κ3) is 10.5. The van der Waals surface area contributed by atoms with Gasteiger partial charge in [0.05, 0.1) is 0 Å². The molecule has 0 rings (SSSR count). The van der Waals surface area contributed by atoms with Gasteiger partial charge in [-0.05, 0) is 0 Å². The van der Waals surface area contributed by atoms with Crippen LogP contribution in [-0.4, -0.2) is 26.3 Å². The van der Waals surface area contributed by atoms with Crippen molar-refractivity contribution in [3.8, 4) is 0 Å². The molecule has 12 heavy (non-hydrogen) atoms. The van der Waals surface area contributed by atoms with Gasteiger partial charge in [-0.25, -0.2) is 0 Å². The third-order valence-electron chi connectivity index (χ3n) is 1.31. The van der Waals surface area contributed by atoms with Crippen molar-refractivity contribution in [2.75, 3.05) is 0 Å². The molecule has 70 valence electrons. The van der Waals surface area contributed by atoms with E-state index in [4.69, 9.17) is 0 Å². The van der Waals surface area contributed by atoms with Crippen LogP contribution in [0.4, 0.5) is 0 Å². The van der Waals surface area contributed by atoms with Crippen molar-refractivity contribution >= 4 is 26.3 Å². The van der Waals surface area contributed by atoms with Gasteiger partial charge in [-0.3, -0.25) is 0 Å². The first-order chi connectivity index (χ1) is 5.63. The van der Waals surface area contributed by atoms with Crippen molar-refractivity contribution in [3.63, 3.8) is 0 Å². The van der Waals surface area contributed by atoms with E-state index in [9.17, 15) is 0 Å². The van der Waals surface area contributed by atoms with Gasteiger partial charge in [-0.15, -0.1) is 0 Å². The van der Waals surface area contributed by atoms with Crippen LogP contribution >= 0.6 is 0 Å². The minimum absolute atomic E-state index is 0.904. The second-order valence-electron chi connectivity index (χ2n) is 3.06. The molecule has 2 heteroatoms. The van der Waals surface area contributed by atoms with E-state index < -0.39 is 0 Å². The molecule has 0 aromatic rings. The predicted molar refractivity (Wildman–Crippen MR) is 60.0 cm³/mol. The first-order valence-corrected chi connectivity index (χ1v) is 10.9. The number of hydrogen-bond donors (Lipinski definition) is 0. The molecule has 0 N–H and O–H groups in total. The molecule has 0 aromatic heterocycles. The maximum absolute atomic E-state index is 3.90. The van der Waals surface area contributed by atoms with Crippen LogP contribution in [0.25, 0.3) is 0 Å². The predicted octanol–water partition coefficient (Wildman–Crippen LogP) is 3.08. The van der Waals surface area contributed by atoms with Gasteiger partial charge >= 0.3 is 87.9 Å². The molecular weight excluding hydrogens is 278 g/mol. The quantitative estimate of drug-likeness (QED) is 0.385. The van der Waals surface area contributed by atoms with Gasteiger partial charge in [0, 0.05) is 0 Å². The van der Waals surface area contributed by atoms with Crippen LogP contribution in [0.1, 0.15) is 26.7 Å². The average molecular weight is 296 g/mol. The summed E-state index contributed by atoms with van der Waals surface area (Å²) in [5.74, 6) is 0. The van der Waals surface area contributed by atoms with Crippen LogP contribution in [-0.2, 0) is 0 Å². The van der Waals surface area contributed by atoms with E-state index >= 15 is 0 Å². The molecule has 0 aliphatic heterocycles. The van der Waals surface area contributed by atoms with Crippen molar-refractivity contribution in [3.05, 3.63) is 24.3 Å². The van der Waals surface area contributed by atoms with E-state index in [-0.39, 0.29) is 0 Å². The normalized spacial score (nSPS) is 9.83. The van der Waals surface area contributed by atoms with Gasteiger partial charge in [0.15, 0.2) is 0 Å². The third-order valence-corrected chi connectivity index (χ3v) is 8.66. The molecule has 0 nitrogen and oxygen atoms in total. The van der Waals surface area contributed by atoms with E-state index in [2.05, 4.69) is 27.0 Å². The van der Waals surface area contributed by atoms with Crippen LogP contribution in [0.3, 0.4) is 0 Å². The summed E-state index contributed by atoms with van der Waals surface area (Å²) in [6.07, 6.45) is 2.49. The summed E-state index contributed by atoms with van der Waals surface area (Å²) < 4.78 is 0. The molecule has 0 atom stereocenters. The molecule has 0 heterocycles. The van der Waals surface area contributed by atoms with Crippen LogP contribution in [0, 0.1) is 0 Å². The first-order valence-electron chi connectivity index (χ1n) is 4.16. The SMILES string of the molecule is C=C(C)CC[Se][Se]CCC(=C)C. The summed E-state index contributed by atoms with van der Waals surface area (Å²) in [4.78, 5) is 0. The van der Waals surface area contributed by atoms with E-state index in [1.54, 1.807) is 0 Å². The van der Waals surface area contributed by atoms with Gasteiger partial charge < -0.3 is 0 Å². The Labute approximate surface area is 87.8 Å². The van der Waals surface area contributed by atoms with E-state index in [0.29, 0.717) is 0 Å². The molecular formula is C10H18Se2. The van der Waals surface area contributed by atoms with Gasteiger partial charge in [0.25, 0.3) is 0 Å². The summed E-state index contributed by atoms with van der Waals surface area (Å²) in [6.45, 7) is 12.1. The fourth-order valence-electron chi connectivity index (χ4n) is 0.550. The van der Waals surface area contributed by atoms with Crippen molar-refractivity contribution in [1.82, 2.24) is 0 Å². The van der Waals surface area contributed by atoms with Crippen LogP contribution in [0.5, 0.6) is 0 Å². The van der Waals surface area contributed by atoms with Crippen LogP contribution < -0.4 is 0 Å². The Morgan fingerprint density at radius 3 is 1.50 bits per heavy atom. The van der Waals surface area contributed by atoms with Crippen molar-refractivity contribution < 1.29 is 0 Å². The second-order valence-corrected chi connectivity index (χ2v) is 10.9. The van der Waals surface area contributed by atoms with Crippen molar-refractivity contribution in [1.29, 1.82) is 0 Å². The molecule has 0 fully saturated rings. The zero-order valence-corrected chi connectivity index (χ0v) is 11.5. The standard InChI is InChI=1S/C10H18Se2/c1-9(2)5-7-11-12-8-6-10(3)4/h1,3,5-8H2,2,4H3. The molecule has 0 spiro atoms. The van der Waals surface area contributed by atoms with Crippen LogP contribution in [0.2, 0.25) is 10.6 Å². The monoisotopic (exact) mass is 298 g/mol. The Morgan fingerprint density at radius 2 is 1.25 bits per heavy atom. The van der Waals surface area contributed by atoms with E-state index in [1.807, 2.05) is 0 Å². The Kier molecular flexibility index (Phi) is 8.48. The zero-order valence-electron chi connectivity index (χ0n) is 8.06. The summed E-state index contributed by atoms with van der Waals surface area (Å²) in [6, 6.07) is 0. The number of allylic oxidation sites excluding steroid dienone is 2. The molecule has 0 bridgehead atoms. The summed E-state index contributed by atoms with van der Waals surface area (Å²) in [5.41, 5.74) is 2.68. The molecule has 0 aliphatic carbocycles. The van der Waals surface area contributed by atoms with Gasteiger partial charge in [0.1, 0.15) is 0 Å². The molecule has 0 amide bonds. The van der Waals surface area contributed by atoms with Crippen molar-refractivity contribution in [2.24, 2.45) is 0 Å².